The molecule has 1 aromatic heterocycles. The number of hydrogen-bond donors (Lipinski definition) is 2. The van der Waals surface area contributed by atoms with Crippen LogP contribution in [-0.4, -0.2) is 49.4 Å². The number of carbonyl (C=O) groups excluding carboxylic acids is 1. The fourth-order valence-corrected chi connectivity index (χ4v) is 1.35. The molecule has 0 aliphatic heterocycles. The van der Waals surface area contributed by atoms with Crippen molar-refractivity contribution in [2.45, 2.75) is 19.8 Å². The largest absolute Gasteiger partial charge is 0.385 e. The predicted molar refractivity (Wildman–Crippen MR) is 65.1 cm³/mol. The maximum absolute atomic E-state index is 11.4. The number of nitrogens with zero attached hydrogens (tertiary/aromatic N) is 2. The Morgan fingerprint density at radius 2 is 2.28 bits per heavy atom. The second-order valence-corrected chi connectivity index (χ2v) is 3.85. The molecule has 18 heavy (non-hydrogen) atoms. The van der Waals surface area contributed by atoms with Crippen molar-refractivity contribution < 1.29 is 14.1 Å². The summed E-state index contributed by atoms with van der Waals surface area (Å²) in [6.45, 7) is 3.98. The average Bonchev–Trinajstić information content (AvgIpc) is 2.76. The molecule has 0 aromatic carbocycles. The van der Waals surface area contributed by atoms with Crippen LogP contribution in [0.3, 0.4) is 0 Å². The van der Waals surface area contributed by atoms with Crippen molar-refractivity contribution in [2.24, 2.45) is 0 Å². The number of amides is 1. The molecule has 1 aromatic rings. The molecule has 1 rings (SSSR count). The number of aryl methyl sites for hydroxylation is 1. The van der Waals surface area contributed by atoms with Gasteiger partial charge in [0.25, 0.3) is 0 Å². The molecule has 7 heteroatoms. The van der Waals surface area contributed by atoms with Gasteiger partial charge in [0.1, 0.15) is 0 Å². The number of methoxy groups -OCH3 is 1. The first-order chi connectivity index (χ1) is 8.72. The van der Waals surface area contributed by atoms with E-state index < -0.39 is 0 Å². The average molecular weight is 256 g/mol. The second-order valence-electron chi connectivity index (χ2n) is 3.85. The summed E-state index contributed by atoms with van der Waals surface area (Å²) in [6, 6.07) is 0. The van der Waals surface area contributed by atoms with Crippen molar-refractivity contribution in [1.82, 2.24) is 20.8 Å². The Labute approximate surface area is 106 Å². The smallest absolute Gasteiger partial charge is 0.233 e. The van der Waals surface area contributed by atoms with Crippen LogP contribution in [0.25, 0.3) is 0 Å². The highest BCUT2D eigenvalue weighted by molar-refractivity contribution is 5.77. The maximum Gasteiger partial charge on any atom is 0.233 e. The van der Waals surface area contributed by atoms with Crippen molar-refractivity contribution in [3.05, 3.63) is 11.7 Å². The van der Waals surface area contributed by atoms with E-state index in [1.54, 1.807) is 14.0 Å². The third-order valence-corrected chi connectivity index (χ3v) is 2.23. The van der Waals surface area contributed by atoms with E-state index in [2.05, 4.69) is 20.8 Å². The number of rotatable bonds is 9. The first-order valence-corrected chi connectivity index (χ1v) is 5.98. The zero-order valence-corrected chi connectivity index (χ0v) is 10.9. The summed E-state index contributed by atoms with van der Waals surface area (Å²) in [6.07, 6.45) is 1.47. The van der Waals surface area contributed by atoms with Crippen molar-refractivity contribution >= 4 is 5.91 Å². The van der Waals surface area contributed by atoms with Crippen LogP contribution in [0.2, 0.25) is 0 Å². The predicted octanol–water partition coefficient (Wildman–Crippen LogP) is -0.337. The van der Waals surface area contributed by atoms with Crippen LogP contribution in [-0.2, 0) is 16.0 Å². The van der Waals surface area contributed by atoms with Crippen molar-refractivity contribution in [3.8, 4) is 0 Å². The summed E-state index contributed by atoms with van der Waals surface area (Å²) < 4.78 is 9.72. The van der Waals surface area contributed by atoms with Gasteiger partial charge in [-0.1, -0.05) is 5.16 Å². The highest BCUT2D eigenvalue weighted by Crippen LogP contribution is 1.94. The monoisotopic (exact) mass is 256 g/mol. The molecule has 0 atom stereocenters. The minimum absolute atomic E-state index is 0.0182. The third-order valence-electron chi connectivity index (χ3n) is 2.23. The lowest BCUT2D eigenvalue weighted by molar-refractivity contribution is -0.120. The Balaban J connectivity index is 1.98. The quantitative estimate of drug-likeness (QED) is 0.588. The van der Waals surface area contributed by atoms with Gasteiger partial charge in [-0.05, 0) is 6.42 Å². The summed E-state index contributed by atoms with van der Waals surface area (Å²) in [4.78, 5) is 15.4. The molecule has 0 radical (unpaired) electrons. The normalized spacial score (nSPS) is 10.6. The summed E-state index contributed by atoms with van der Waals surface area (Å²) in [5.41, 5.74) is 0. The highest BCUT2D eigenvalue weighted by Gasteiger charge is 2.03. The standard InChI is InChI=1S/C11H20N4O3/c1-9-14-10(15-18-9)4-6-12-8-11(16)13-5-3-7-17-2/h12H,3-8H2,1-2H3,(H,13,16). The molecular formula is C11H20N4O3. The number of aromatic nitrogens is 2. The van der Waals surface area contributed by atoms with E-state index in [0.29, 0.717) is 44.4 Å². The van der Waals surface area contributed by atoms with E-state index in [0.717, 1.165) is 6.42 Å². The molecular weight excluding hydrogens is 236 g/mol. The molecule has 7 nitrogen and oxygen atoms in total. The number of ether oxygens (including phenoxy) is 1. The molecule has 0 aliphatic carbocycles. The molecule has 0 saturated heterocycles. The molecule has 2 N–H and O–H groups in total. The van der Waals surface area contributed by atoms with E-state index in [1.807, 2.05) is 0 Å². The maximum atomic E-state index is 11.4. The molecule has 0 spiro atoms. The summed E-state index contributed by atoms with van der Waals surface area (Å²) in [7, 11) is 1.64. The molecule has 0 aliphatic rings. The fourth-order valence-electron chi connectivity index (χ4n) is 1.35. The van der Waals surface area contributed by atoms with E-state index in [9.17, 15) is 4.79 Å². The Morgan fingerprint density at radius 1 is 1.44 bits per heavy atom. The van der Waals surface area contributed by atoms with E-state index in [4.69, 9.17) is 9.26 Å². The van der Waals surface area contributed by atoms with Gasteiger partial charge in [0.2, 0.25) is 11.8 Å². The highest BCUT2D eigenvalue weighted by atomic mass is 16.5. The first kappa shape index (κ1) is 14.6. The van der Waals surface area contributed by atoms with Crippen LogP contribution in [0.1, 0.15) is 18.1 Å². The second kappa shape index (κ2) is 8.60. The first-order valence-electron chi connectivity index (χ1n) is 5.98. The van der Waals surface area contributed by atoms with Gasteiger partial charge in [-0.15, -0.1) is 0 Å². The van der Waals surface area contributed by atoms with Gasteiger partial charge in [-0.3, -0.25) is 4.79 Å². The van der Waals surface area contributed by atoms with Gasteiger partial charge in [0.15, 0.2) is 5.82 Å². The molecule has 0 fully saturated rings. The van der Waals surface area contributed by atoms with Crippen molar-refractivity contribution in [2.75, 3.05) is 33.4 Å². The van der Waals surface area contributed by atoms with Crippen LogP contribution in [0.15, 0.2) is 4.52 Å². The van der Waals surface area contributed by atoms with Gasteiger partial charge in [0, 0.05) is 40.2 Å². The minimum atomic E-state index is -0.0182. The van der Waals surface area contributed by atoms with E-state index in [1.165, 1.54) is 0 Å². The van der Waals surface area contributed by atoms with Crippen molar-refractivity contribution in [1.29, 1.82) is 0 Å². The SMILES string of the molecule is COCCCNC(=O)CNCCc1noc(C)n1. The van der Waals surface area contributed by atoms with Crippen LogP contribution in [0.4, 0.5) is 0 Å². The Kier molecular flexibility index (Phi) is 6.97. The van der Waals surface area contributed by atoms with E-state index >= 15 is 0 Å². The summed E-state index contributed by atoms with van der Waals surface area (Å²) in [5, 5.41) is 9.57. The number of nitrogens with one attached hydrogen (secondary N) is 2. The Bertz CT molecular complexity index is 354. The molecule has 1 heterocycles. The molecule has 0 bridgehead atoms. The minimum Gasteiger partial charge on any atom is -0.385 e. The van der Waals surface area contributed by atoms with Crippen LogP contribution < -0.4 is 10.6 Å². The Morgan fingerprint density at radius 3 is 2.94 bits per heavy atom. The van der Waals surface area contributed by atoms with Gasteiger partial charge in [0.05, 0.1) is 6.54 Å². The van der Waals surface area contributed by atoms with Crippen LogP contribution in [0.5, 0.6) is 0 Å². The lowest BCUT2D eigenvalue weighted by Gasteiger charge is -2.05. The van der Waals surface area contributed by atoms with Gasteiger partial charge in [-0.25, -0.2) is 0 Å². The third kappa shape index (κ3) is 6.31. The molecule has 0 unspecified atom stereocenters. The Hall–Kier alpha value is -1.47. The zero-order valence-electron chi connectivity index (χ0n) is 10.9. The van der Waals surface area contributed by atoms with Gasteiger partial charge < -0.3 is 19.9 Å². The van der Waals surface area contributed by atoms with Crippen molar-refractivity contribution in [3.63, 3.8) is 0 Å². The topological polar surface area (TPSA) is 89.3 Å². The van der Waals surface area contributed by atoms with Gasteiger partial charge in [-0.2, -0.15) is 4.98 Å². The van der Waals surface area contributed by atoms with Crippen LogP contribution in [0, 0.1) is 6.92 Å². The molecule has 102 valence electrons. The number of carbonyl (C=O) groups is 1. The van der Waals surface area contributed by atoms with Crippen LogP contribution >= 0.6 is 0 Å². The zero-order chi connectivity index (χ0) is 13.2. The number of hydrogen-bond acceptors (Lipinski definition) is 6. The van der Waals surface area contributed by atoms with E-state index in [-0.39, 0.29) is 5.91 Å². The molecule has 0 saturated carbocycles. The molecule has 1 amide bonds. The lowest BCUT2D eigenvalue weighted by atomic mass is 10.4. The fraction of sp³-hybridized carbons (Fsp3) is 0.727. The summed E-state index contributed by atoms with van der Waals surface area (Å²) in [5.74, 6) is 1.19. The van der Waals surface area contributed by atoms with Gasteiger partial charge >= 0.3 is 0 Å². The lowest BCUT2D eigenvalue weighted by Crippen LogP contribution is -2.35. The summed E-state index contributed by atoms with van der Waals surface area (Å²) >= 11 is 0.